The van der Waals surface area contributed by atoms with Gasteiger partial charge in [-0.05, 0) is 49.3 Å². The van der Waals surface area contributed by atoms with Gasteiger partial charge in [-0.3, -0.25) is 9.69 Å². The number of nitrogens with zero attached hydrogens (tertiary/aromatic N) is 3. The van der Waals surface area contributed by atoms with Gasteiger partial charge in [0.15, 0.2) is 0 Å². The van der Waals surface area contributed by atoms with Crippen LogP contribution in [0, 0.1) is 25.2 Å². The predicted molar refractivity (Wildman–Crippen MR) is 131 cm³/mol. The number of carbonyl (C=O) groups is 1. The molecule has 0 spiro atoms. The second kappa shape index (κ2) is 10.8. The summed E-state index contributed by atoms with van der Waals surface area (Å²) >= 11 is 1.69. The van der Waals surface area contributed by atoms with Gasteiger partial charge < -0.3 is 14.6 Å². The van der Waals surface area contributed by atoms with Crippen LogP contribution in [0.25, 0.3) is 0 Å². The van der Waals surface area contributed by atoms with Crippen LogP contribution >= 0.6 is 11.3 Å². The molecule has 0 radical (unpaired) electrons. The van der Waals surface area contributed by atoms with Gasteiger partial charge in [0.25, 0.3) is 0 Å². The van der Waals surface area contributed by atoms with E-state index < -0.39 is 0 Å². The molecular formula is C26H30N4O2S. The first kappa shape index (κ1) is 23.2. The number of carbonyl (C=O) groups excluding carboxylic acids is 1. The van der Waals surface area contributed by atoms with Crippen molar-refractivity contribution in [3.63, 3.8) is 0 Å². The Morgan fingerprint density at radius 2 is 2.09 bits per heavy atom. The average molecular weight is 463 g/mol. The van der Waals surface area contributed by atoms with E-state index in [0.717, 1.165) is 42.8 Å². The van der Waals surface area contributed by atoms with Crippen LogP contribution in [0.1, 0.15) is 40.1 Å². The van der Waals surface area contributed by atoms with Crippen molar-refractivity contribution in [1.82, 2.24) is 9.47 Å². The van der Waals surface area contributed by atoms with E-state index in [4.69, 9.17) is 4.74 Å². The van der Waals surface area contributed by atoms with E-state index >= 15 is 0 Å². The molecule has 1 aliphatic rings. The van der Waals surface area contributed by atoms with Crippen molar-refractivity contribution in [1.29, 1.82) is 5.26 Å². The molecule has 1 atom stereocenters. The number of aromatic nitrogens is 1. The van der Waals surface area contributed by atoms with Crippen LogP contribution in [0.15, 0.2) is 47.8 Å². The molecular weight excluding hydrogens is 432 g/mol. The number of ether oxygens (including phenoxy) is 1. The maximum absolute atomic E-state index is 13.2. The highest BCUT2D eigenvalue weighted by Crippen LogP contribution is 2.27. The van der Waals surface area contributed by atoms with Crippen molar-refractivity contribution in [3.8, 4) is 6.07 Å². The van der Waals surface area contributed by atoms with Crippen molar-refractivity contribution >= 4 is 23.1 Å². The Morgan fingerprint density at radius 3 is 2.76 bits per heavy atom. The Morgan fingerprint density at radius 1 is 1.27 bits per heavy atom. The molecule has 0 aliphatic carbocycles. The Balaban J connectivity index is 1.53. The molecule has 3 aromatic rings. The standard InChI is InChI=1S/C26H30N4O2S/c1-19-20(2)30(15-21-8-4-3-5-9-21)26(24(19)14-27)28-25(31)18-29(16-22-10-6-12-32-22)17-23-11-7-13-33-23/h3-5,7-9,11,13,22H,6,10,12,15-18H2,1-2H3,(H,28,31). The molecule has 172 valence electrons. The van der Waals surface area contributed by atoms with E-state index in [9.17, 15) is 10.1 Å². The van der Waals surface area contributed by atoms with Crippen molar-refractivity contribution in [2.75, 3.05) is 25.0 Å². The van der Waals surface area contributed by atoms with E-state index in [1.165, 1.54) is 4.88 Å². The largest absolute Gasteiger partial charge is 0.377 e. The third kappa shape index (κ3) is 5.72. The maximum Gasteiger partial charge on any atom is 0.239 e. The number of hydrogen-bond acceptors (Lipinski definition) is 5. The predicted octanol–water partition coefficient (Wildman–Crippen LogP) is 4.71. The zero-order chi connectivity index (χ0) is 23.2. The molecule has 4 rings (SSSR count). The molecule has 3 heterocycles. The molecule has 1 aliphatic heterocycles. The summed E-state index contributed by atoms with van der Waals surface area (Å²) in [6.45, 7) is 7.00. The first-order valence-corrected chi connectivity index (χ1v) is 12.2. The van der Waals surface area contributed by atoms with Crippen molar-refractivity contribution < 1.29 is 9.53 Å². The van der Waals surface area contributed by atoms with Gasteiger partial charge in [0.2, 0.25) is 5.91 Å². The minimum Gasteiger partial charge on any atom is -0.377 e. The van der Waals surface area contributed by atoms with Gasteiger partial charge in [-0.2, -0.15) is 5.26 Å². The van der Waals surface area contributed by atoms with Crippen LogP contribution in [-0.4, -0.2) is 41.2 Å². The normalized spacial score (nSPS) is 15.6. The minimum absolute atomic E-state index is 0.118. The number of rotatable bonds is 9. The number of hydrogen-bond donors (Lipinski definition) is 1. The minimum atomic E-state index is -0.118. The van der Waals surface area contributed by atoms with Gasteiger partial charge in [0.05, 0.1) is 18.2 Å². The lowest BCUT2D eigenvalue weighted by Crippen LogP contribution is -2.38. The fourth-order valence-corrected chi connectivity index (χ4v) is 5.10. The Labute approximate surface area is 199 Å². The van der Waals surface area contributed by atoms with Crippen LogP contribution in [-0.2, 0) is 22.6 Å². The number of thiophene rings is 1. The molecule has 1 amide bonds. The van der Waals surface area contributed by atoms with E-state index in [2.05, 4.69) is 39.9 Å². The maximum atomic E-state index is 13.2. The quantitative estimate of drug-likeness (QED) is 0.500. The van der Waals surface area contributed by atoms with E-state index in [-0.39, 0.29) is 18.6 Å². The lowest BCUT2D eigenvalue weighted by atomic mass is 10.2. The molecule has 0 saturated carbocycles. The topological polar surface area (TPSA) is 70.3 Å². The highest BCUT2D eigenvalue weighted by atomic mass is 32.1. The van der Waals surface area contributed by atoms with Gasteiger partial charge in [0, 0.05) is 36.8 Å². The SMILES string of the molecule is Cc1c(C#N)c(NC(=O)CN(Cc2cccs2)CC2CCCO2)n(Cc2ccccc2)c1C. The average Bonchev–Trinajstić information content (AvgIpc) is 3.55. The van der Waals surface area contributed by atoms with Gasteiger partial charge in [0.1, 0.15) is 11.9 Å². The fourth-order valence-electron chi connectivity index (χ4n) is 4.35. The summed E-state index contributed by atoms with van der Waals surface area (Å²) in [6.07, 6.45) is 2.26. The second-order valence-corrected chi connectivity index (χ2v) is 9.58. The number of benzene rings is 1. The molecule has 6 nitrogen and oxygen atoms in total. The lowest BCUT2D eigenvalue weighted by molar-refractivity contribution is -0.117. The van der Waals surface area contributed by atoms with Crippen molar-refractivity contribution in [3.05, 3.63) is 75.1 Å². The molecule has 1 N–H and O–H groups in total. The lowest BCUT2D eigenvalue weighted by Gasteiger charge is -2.24. The van der Waals surface area contributed by atoms with Gasteiger partial charge >= 0.3 is 0 Å². The van der Waals surface area contributed by atoms with Crippen molar-refractivity contribution in [2.45, 2.75) is 45.9 Å². The summed E-state index contributed by atoms with van der Waals surface area (Å²) in [5, 5.41) is 14.9. The Bertz CT molecular complexity index is 1110. The van der Waals surface area contributed by atoms with E-state index in [1.54, 1.807) is 11.3 Å². The van der Waals surface area contributed by atoms with Crippen molar-refractivity contribution in [2.24, 2.45) is 0 Å². The summed E-state index contributed by atoms with van der Waals surface area (Å²) in [5.41, 5.74) is 3.54. The summed E-state index contributed by atoms with van der Waals surface area (Å²) < 4.78 is 7.86. The Hall–Kier alpha value is -2.92. The molecule has 1 saturated heterocycles. The van der Waals surface area contributed by atoms with Gasteiger partial charge in [-0.15, -0.1) is 11.3 Å². The zero-order valence-electron chi connectivity index (χ0n) is 19.2. The molecule has 2 aromatic heterocycles. The fraction of sp³-hybridized carbons (Fsp3) is 0.385. The highest BCUT2D eigenvalue weighted by molar-refractivity contribution is 7.09. The molecule has 0 bridgehead atoms. The number of amides is 1. The molecule has 1 unspecified atom stereocenters. The van der Waals surface area contributed by atoms with Crippen LogP contribution < -0.4 is 5.32 Å². The zero-order valence-corrected chi connectivity index (χ0v) is 20.0. The van der Waals surface area contributed by atoms with E-state index in [1.807, 2.05) is 42.7 Å². The molecule has 33 heavy (non-hydrogen) atoms. The third-order valence-electron chi connectivity index (χ3n) is 6.20. The first-order valence-electron chi connectivity index (χ1n) is 11.3. The monoisotopic (exact) mass is 462 g/mol. The second-order valence-electron chi connectivity index (χ2n) is 8.55. The summed E-state index contributed by atoms with van der Waals surface area (Å²) in [5.74, 6) is 0.461. The smallest absolute Gasteiger partial charge is 0.239 e. The first-order chi connectivity index (χ1) is 16.0. The number of nitriles is 1. The van der Waals surface area contributed by atoms with Crippen LogP contribution in [0.5, 0.6) is 0 Å². The highest BCUT2D eigenvalue weighted by Gasteiger charge is 2.24. The molecule has 7 heteroatoms. The number of anilines is 1. The van der Waals surface area contributed by atoms with Crippen LogP contribution in [0.2, 0.25) is 0 Å². The van der Waals surface area contributed by atoms with E-state index in [0.29, 0.717) is 24.5 Å². The third-order valence-corrected chi connectivity index (χ3v) is 7.06. The van der Waals surface area contributed by atoms with Crippen LogP contribution in [0.4, 0.5) is 5.82 Å². The molecule has 1 aromatic carbocycles. The summed E-state index contributed by atoms with van der Waals surface area (Å²) in [4.78, 5) is 16.6. The summed E-state index contributed by atoms with van der Waals surface area (Å²) in [7, 11) is 0. The number of nitrogens with one attached hydrogen (secondary N) is 1. The van der Waals surface area contributed by atoms with Crippen LogP contribution in [0.3, 0.4) is 0 Å². The van der Waals surface area contributed by atoms with Gasteiger partial charge in [-0.25, -0.2) is 0 Å². The molecule has 1 fully saturated rings. The summed E-state index contributed by atoms with van der Waals surface area (Å²) in [6, 6.07) is 16.5. The van der Waals surface area contributed by atoms with Gasteiger partial charge in [-0.1, -0.05) is 36.4 Å². The Kier molecular flexibility index (Phi) is 7.61.